The molecule has 0 spiro atoms. The summed E-state index contributed by atoms with van der Waals surface area (Å²) in [4.78, 5) is 0. The molecule has 88 valence electrons. The summed E-state index contributed by atoms with van der Waals surface area (Å²) in [6.45, 7) is 2.09. The van der Waals surface area contributed by atoms with Crippen LogP contribution in [0, 0.1) is 11.6 Å². The average molecular weight is 252 g/mol. The van der Waals surface area contributed by atoms with Crippen LogP contribution in [0.5, 0.6) is 0 Å². The Balaban J connectivity index is 2.41. The molecule has 0 radical (unpaired) electrons. The van der Waals surface area contributed by atoms with Crippen LogP contribution in [0.25, 0.3) is 22.0 Å². The number of benzene rings is 2. The van der Waals surface area contributed by atoms with Crippen molar-refractivity contribution >= 4 is 23.0 Å². The Bertz CT molecular complexity index is 775. The first kappa shape index (κ1) is 11.1. The van der Waals surface area contributed by atoms with E-state index in [1.165, 1.54) is 5.56 Å². The van der Waals surface area contributed by atoms with Gasteiger partial charge in [0, 0.05) is 16.3 Å². The maximum absolute atomic E-state index is 5.28. The van der Waals surface area contributed by atoms with E-state index in [4.69, 9.17) is 12.2 Å². The highest BCUT2D eigenvalue weighted by atomic mass is 32.1. The van der Waals surface area contributed by atoms with Crippen LogP contribution < -0.4 is 0 Å². The molecule has 0 saturated carbocycles. The molecule has 1 aromatic heterocycles. The molecule has 18 heavy (non-hydrogen) atoms. The summed E-state index contributed by atoms with van der Waals surface area (Å²) in [5, 5.41) is 9.48. The van der Waals surface area contributed by atoms with E-state index in [1.807, 2.05) is 30.3 Å². The van der Waals surface area contributed by atoms with E-state index >= 15 is 0 Å². The SMILES string of the molecule is Cc1ccccc1-c1n[nH]c(=S)c2ccccc12. The molecule has 0 aliphatic heterocycles. The fraction of sp³-hybridized carbons (Fsp3) is 0.0667. The Morgan fingerprint density at radius 1 is 0.944 bits per heavy atom. The minimum absolute atomic E-state index is 0.683. The molecule has 0 fully saturated rings. The Morgan fingerprint density at radius 3 is 2.39 bits per heavy atom. The number of fused-ring (bicyclic) bond motifs is 1. The van der Waals surface area contributed by atoms with Gasteiger partial charge in [-0.2, -0.15) is 5.10 Å². The molecule has 0 amide bonds. The number of hydrogen-bond acceptors (Lipinski definition) is 2. The molecular formula is C15H12N2S. The summed E-state index contributed by atoms with van der Waals surface area (Å²) in [5.41, 5.74) is 3.30. The van der Waals surface area contributed by atoms with Crippen molar-refractivity contribution in [1.29, 1.82) is 0 Å². The fourth-order valence-corrected chi connectivity index (χ4v) is 2.38. The van der Waals surface area contributed by atoms with Crippen molar-refractivity contribution in [2.24, 2.45) is 0 Å². The number of rotatable bonds is 1. The van der Waals surface area contributed by atoms with Crippen LogP contribution >= 0.6 is 12.2 Å². The third-order valence-corrected chi connectivity index (χ3v) is 3.41. The van der Waals surface area contributed by atoms with E-state index in [0.29, 0.717) is 4.64 Å². The molecule has 3 aromatic rings. The first-order valence-electron chi connectivity index (χ1n) is 5.81. The predicted molar refractivity (Wildman–Crippen MR) is 77.1 cm³/mol. The summed E-state index contributed by atoms with van der Waals surface area (Å²) in [7, 11) is 0. The minimum atomic E-state index is 0.683. The van der Waals surface area contributed by atoms with Gasteiger partial charge in [-0.25, -0.2) is 0 Å². The zero-order valence-electron chi connectivity index (χ0n) is 9.97. The molecule has 0 bridgehead atoms. The molecule has 3 rings (SSSR count). The van der Waals surface area contributed by atoms with E-state index in [9.17, 15) is 0 Å². The van der Waals surface area contributed by atoms with E-state index in [2.05, 4.69) is 35.3 Å². The number of aryl methyl sites for hydroxylation is 1. The lowest BCUT2D eigenvalue weighted by atomic mass is 10.0. The molecule has 0 aliphatic rings. The van der Waals surface area contributed by atoms with Crippen LogP contribution in [-0.4, -0.2) is 10.2 Å². The van der Waals surface area contributed by atoms with Crippen molar-refractivity contribution in [2.45, 2.75) is 6.92 Å². The second-order valence-electron chi connectivity index (χ2n) is 4.26. The second kappa shape index (κ2) is 4.35. The number of aromatic amines is 1. The maximum Gasteiger partial charge on any atom is 0.127 e. The number of H-pyrrole nitrogens is 1. The Hall–Kier alpha value is -2.00. The minimum Gasteiger partial charge on any atom is -0.267 e. The lowest BCUT2D eigenvalue weighted by Crippen LogP contribution is -1.92. The lowest BCUT2D eigenvalue weighted by Gasteiger charge is -2.08. The number of nitrogens with one attached hydrogen (secondary N) is 1. The highest BCUT2D eigenvalue weighted by molar-refractivity contribution is 7.71. The molecule has 1 heterocycles. The molecule has 0 unspecified atom stereocenters. The number of nitrogens with zero attached hydrogens (tertiary/aromatic N) is 1. The van der Waals surface area contributed by atoms with Crippen molar-refractivity contribution in [1.82, 2.24) is 10.2 Å². The van der Waals surface area contributed by atoms with Crippen molar-refractivity contribution in [2.75, 3.05) is 0 Å². The van der Waals surface area contributed by atoms with Crippen molar-refractivity contribution in [3.05, 3.63) is 58.7 Å². The van der Waals surface area contributed by atoms with E-state index in [1.54, 1.807) is 0 Å². The molecule has 0 atom stereocenters. The van der Waals surface area contributed by atoms with Crippen molar-refractivity contribution in [3.8, 4) is 11.3 Å². The molecule has 0 saturated heterocycles. The van der Waals surface area contributed by atoms with Crippen LogP contribution in [0.1, 0.15) is 5.56 Å². The van der Waals surface area contributed by atoms with Gasteiger partial charge < -0.3 is 0 Å². The van der Waals surface area contributed by atoms with Crippen molar-refractivity contribution < 1.29 is 0 Å². The van der Waals surface area contributed by atoms with Crippen LogP contribution in [-0.2, 0) is 0 Å². The molecule has 2 aromatic carbocycles. The van der Waals surface area contributed by atoms with Crippen LogP contribution in [0.2, 0.25) is 0 Å². The summed E-state index contributed by atoms with van der Waals surface area (Å²) < 4.78 is 0.683. The normalized spacial score (nSPS) is 10.7. The molecule has 1 N–H and O–H groups in total. The maximum atomic E-state index is 5.28. The standard InChI is InChI=1S/C15H12N2S/c1-10-6-2-3-7-11(10)14-12-8-4-5-9-13(12)15(18)17-16-14/h2-9H,1H3,(H,17,18). The third kappa shape index (κ3) is 1.73. The van der Waals surface area contributed by atoms with Gasteiger partial charge in [0.25, 0.3) is 0 Å². The summed E-state index contributed by atoms with van der Waals surface area (Å²) >= 11 is 5.28. The largest absolute Gasteiger partial charge is 0.267 e. The summed E-state index contributed by atoms with van der Waals surface area (Å²) in [5.74, 6) is 0. The molecule has 2 nitrogen and oxygen atoms in total. The summed E-state index contributed by atoms with van der Waals surface area (Å²) in [6, 6.07) is 16.3. The fourth-order valence-electron chi connectivity index (χ4n) is 2.16. The first-order valence-corrected chi connectivity index (χ1v) is 6.21. The Kier molecular flexibility index (Phi) is 2.68. The second-order valence-corrected chi connectivity index (χ2v) is 4.67. The van der Waals surface area contributed by atoms with Crippen LogP contribution in [0.3, 0.4) is 0 Å². The van der Waals surface area contributed by atoms with Crippen LogP contribution in [0.4, 0.5) is 0 Å². The van der Waals surface area contributed by atoms with E-state index < -0.39 is 0 Å². The molecule has 0 aliphatic carbocycles. The van der Waals surface area contributed by atoms with Gasteiger partial charge in [0.1, 0.15) is 4.64 Å². The van der Waals surface area contributed by atoms with Gasteiger partial charge in [-0.1, -0.05) is 60.7 Å². The van der Waals surface area contributed by atoms with Gasteiger partial charge in [0.15, 0.2) is 0 Å². The smallest absolute Gasteiger partial charge is 0.127 e. The number of aromatic nitrogens is 2. The topological polar surface area (TPSA) is 28.7 Å². The predicted octanol–water partition coefficient (Wildman–Crippen LogP) is 4.27. The molecular weight excluding hydrogens is 240 g/mol. The summed E-state index contributed by atoms with van der Waals surface area (Å²) in [6.07, 6.45) is 0. The average Bonchev–Trinajstić information content (AvgIpc) is 2.41. The van der Waals surface area contributed by atoms with Crippen LogP contribution in [0.15, 0.2) is 48.5 Å². The van der Waals surface area contributed by atoms with Gasteiger partial charge in [-0.15, -0.1) is 0 Å². The lowest BCUT2D eigenvalue weighted by molar-refractivity contribution is 1.04. The zero-order chi connectivity index (χ0) is 12.5. The van der Waals surface area contributed by atoms with Gasteiger partial charge in [0.05, 0.1) is 5.69 Å². The van der Waals surface area contributed by atoms with Gasteiger partial charge >= 0.3 is 0 Å². The van der Waals surface area contributed by atoms with E-state index in [-0.39, 0.29) is 0 Å². The highest BCUT2D eigenvalue weighted by Crippen LogP contribution is 2.28. The monoisotopic (exact) mass is 252 g/mol. The third-order valence-electron chi connectivity index (χ3n) is 3.10. The molecule has 3 heteroatoms. The highest BCUT2D eigenvalue weighted by Gasteiger charge is 2.08. The van der Waals surface area contributed by atoms with Gasteiger partial charge in [0.2, 0.25) is 0 Å². The quantitative estimate of drug-likeness (QED) is 0.655. The Morgan fingerprint density at radius 2 is 1.61 bits per heavy atom. The first-order chi connectivity index (χ1) is 8.77. The Labute approximate surface area is 110 Å². The van der Waals surface area contributed by atoms with Gasteiger partial charge in [-0.3, -0.25) is 5.10 Å². The van der Waals surface area contributed by atoms with E-state index in [0.717, 1.165) is 22.0 Å². The van der Waals surface area contributed by atoms with Gasteiger partial charge in [-0.05, 0) is 12.5 Å². The number of hydrogen-bond donors (Lipinski definition) is 1. The van der Waals surface area contributed by atoms with Crippen molar-refractivity contribution in [3.63, 3.8) is 0 Å². The zero-order valence-corrected chi connectivity index (χ0v) is 10.8.